The number of H-pyrrole nitrogens is 1. The lowest BCUT2D eigenvalue weighted by Gasteiger charge is -2.51. The Labute approximate surface area is 187 Å². The van der Waals surface area contributed by atoms with Gasteiger partial charge in [-0.05, 0) is 79.8 Å². The molecule has 2 heterocycles. The fourth-order valence-electron chi connectivity index (χ4n) is 6.23. The molecule has 166 valence electrons. The summed E-state index contributed by atoms with van der Waals surface area (Å²) in [5.74, 6) is 2.27. The Balaban J connectivity index is 1.44. The van der Waals surface area contributed by atoms with Crippen molar-refractivity contribution in [2.24, 2.45) is 11.8 Å². The number of aromatic amines is 1. The molecular weight excluding hydrogens is 402 g/mol. The summed E-state index contributed by atoms with van der Waals surface area (Å²) in [4.78, 5) is 17.4. The molecule has 3 aliphatic rings. The monoisotopic (exact) mass is 431 g/mol. The van der Waals surface area contributed by atoms with Crippen LogP contribution in [0.25, 0.3) is 10.9 Å². The van der Waals surface area contributed by atoms with E-state index in [9.17, 15) is 10.1 Å². The summed E-state index contributed by atoms with van der Waals surface area (Å²) in [6.07, 6.45) is 5.78. The second kappa shape index (κ2) is 7.34. The highest BCUT2D eigenvalue weighted by Crippen LogP contribution is 2.50. The molecule has 0 spiro atoms. The average molecular weight is 432 g/mol. The van der Waals surface area contributed by atoms with Crippen molar-refractivity contribution in [2.75, 3.05) is 26.7 Å². The Kier molecular flexibility index (Phi) is 4.54. The number of hydrogen-bond acceptors (Lipinski definition) is 4. The third-order valence-electron chi connectivity index (χ3n) is 8.12. The molecule has 1 N–H and O–H groups in total. The van der Waals surface area contributed by atoms with Gasteiger partial charge in [0.05, 0.1) is 12.0 Å². The van der Waals surface area contributed by atoms with Crippen molar-refractivity contribution >= 4 is 16.6 Å². The fraction of sp³-hybridized carbons (Fsp3) is 0.462. The normalized spacial score (nSPS) is 25.3. The highest BCUT2D eigenvalue weighted by molar-refractivity contribution is 5.87. The first kappa shape index (κ1) is 19.8. The molecule has 1 aromatic heterocycles. The molecule has 2 unspecified atom stereocenters. The van der Waals surface area contributed by atoms with Crippen LogP contribution in [-0.2, 0) is 18.3 Å². The van der Waals surface area contributed by atoms with Crippen LogP contribution in [0.4, 0.5) is 5.69 Å². The first-order valence-corrected chi connectivity index (χ1v) is 11.7. The average Bonchev–Trinajstić information content (AvgIpc) is 3.56. The van der Waals surface area contributed by atoms with Crippen molar-refractivity contribution in [3.63, 3.8) is 0 Å². The Morgan fingerprint density at radius 3 is 2.91 bits per heavy atom. The molecule has 6 rings (SSSR count). The molecule has 0 amide bonds. The van der Waals surface area contributed by atoms with Crippen LogP contribution in [-0.4, -0.2) is 41.6 Å². The number of nitrogens with one attached hydrogen (secondary N) is 1. The quantitative estimate of drug-likeness (QED) is 0.463. The van der Waals surface area contributed by atoms with Gasteiger partial charge in [-0.15, -0.1) is 0 Å². The maximum Gasteiger partial charge on any atom is 0.270 e. The van der Waals surface area contributed by atoms with Gasteiger partial charge in [0, 0.05) is 47.2 Å². The molecule has 6 heteroatoms. The Morgan fingerprint density at radius 2 is 2.12 bits per heavy atom. The number of nitro benzene ring substituents is 1. The maximum atomic E-state index is 11.4. The number of nitrogens with zero attached hydrogens (tertiary/aromatic N) is 2. The molecule has 1 saturated heterocycles. The molecule has 0 radical (unpaired) electrons. The number of rotatable bonds is 5. The van der Waals surface area contributed by atoms with E-state index in [1.807, 2.05) is 12.1 Å². The molecule has 1 saturated carbocycles. The van der Waals surface area contributed by atoms with Crippen LogP contribution >= 0.6 is 0 Å². The molecule has 2 aromatic carbocycles. The number of fused-ring (bicyclic) bond motifs is 4. The second-order valence-electron chi connectivity index (χ2n) is 9.99. The van der Waals surface area contributed by atoms with Crippen molar-refractivity contribution in [1.82, 2.24) is 9.88 Å². The number of aromatic nitrogens is 1. The van der Waals surface area contributed by atoms with Crippen molar-refractivity contribution < 1.29 is 9.66 Å². The predicted octanol–water partition coefficient (Wildman–Crippen LogP) is 4.85. The molecule has 2 atom stereocenters. The standard InChI is InChI=1S/C26H29N3O3/c1-32-21-4-2-3-18(11-21)26-9-10-28(15-17-5-6-17)16-19(26)12-22-23-13-20(29(30)31)7-8-24(23)27-25(22)14-26/h2-4,7-8,11,13,17,19,27H,5-6,9-10,12,14-16H2,1H3. The van der Waals surface area contributed by atoms with Gasteiger partial charge in [-0.25, -0.2) is 0 Å². The van der Waals surface area contributed by atoms with E-state index in [4.69, 9.17) is 4.74 Å². The summed E-state index contributed by atoms with van der Waals surface area (Å²) in [6.45, 7) is 3.44. The van der Waals surface area contributed by atoms with Crippen LogP contribution in [0.3, 0.4) is 0 Å². The van der Waals surface area contributed by atoms with E-state index in [2.05, 4.69) is 28.1 Å². The van der Waals surface area contributed by atoms with Crippen molar-refractivity contribution in [3.8, 4) is 5.75 Å². The third-order valence-corrected chi connectivity index (χ3v) is 8.12. The zero-order valence-corrected chi connectivity index (χ0v) is 18.5. The van der Waals surface area contributed by atoms with Crippen LogP contribution in [0.5, 0.6) is 5.75 Å². The van der Waals surface area contributed by atoms with E-state index in [1.54, 1.807) is 19.2 Å². The minimum absolute atomic E-state index is 0.0639. The second-order valence-corrected chi connectivity index (χ2v) is 9.99. The molecule has 2 aliphatic carbocycles. The van der Waals surface area contributed by atoms with Gasteiger partial charge >= 0.3 is 0 Å². The van der Waals surface area contributed by atoms with Crippen molar-refractivity contribution in [1.29, 1.82) is 0 Å². The van der Waals surface area contributed by atoms with Crippen LogP contribution in [0.1, 0.15) is 36.1 Å². The number of hydrogen-bond donors (Lipinski definition) is 1. The van der Waals surface area contributed by atoms with Gasteiger partial charge in [0.1, 0.15) is 5.75 Å². The van der Waals surface area contributed by atoms with Crippen LogP contribution in [0.2, 0.25) is 0 Å². The van der Waals surface area contributed by atoms with Gasteiger partial charge in [0.25, 0.3) is 5.69 Å². The Hall–Kier alpha value is -2.86. The van der Waals surface area contributed by atoms with Gasteiger partial charge in [-0.3, -0.25) is 10.1 Å². The van der Waals surface area contributed by atoms with Crippen LogP contribution < -0.4 is 4.74 Å². The number of non-ortho nitro benzene ring substituents is 1. The summed E-state index contributed by atoms with van der Waals surface area (Å²) >= 11 is 0. The number of ether oxygens (including phenoxy) is 1. The minimum atomic E-state index is -0.291. The van der Waals surface area contributed by atoms with Gasteiger partial charge in [0.2, 0.25) is 0 Å². The van der Waals surface area contributed by atoms with E-state index in [1.165, 1.54) is 36.2 Å². The summed E-state index contributed by atoms with van der Waals surface area (Å²) in [6, 6.07) is 13.9. The highest BCUT2D eigenvalue weighted by Gasteiger charge is 2.48. The number of likely N-dealkylation sites (tertiary alicyclic amines) is 1. The smallest absolute Gasteiger partial charge is 0.270 e. The van der Waals surface area contributed by atoms with Crippen LogP contribution in [0, 0.1) is 22.0 Å². The molecular formula is C26H29N3O3. The molecule has 2 fully saturated rings. The van der Waals surface area contributed by atoms with E-state index < -0.39 is 0 Å². The lowest BCUT2D eigenvalue weighted by atomic mass is 9.58. The fourth-order valence-corrected chi connectivity index (χ4v) is 6.23. The van der Waals surface area contributed by atoms with E-state index in [-0.39, 0.29) is 16.0 Å². The predicted molar refractivity (Wildman–Crippen MR) is 124 cm³/mol. The maximum absolute atomic E-state index is 11.4. The van der Waals surface area contributed by atoms with Gasteiger partial charge in [0.15, 0.2) is 0 Å². The topological polar surface area (TPSA) is 71.4 Å². The van der Waals surface area contributed by atoms with Crippen LogP contribution in [0.15, 0.2) is 42.5 Å². The molecule has 0 bridgehead atoms. The van der Waals surface area contributed by atoms with Crippen molar-refractivity contribution in [3.05, 3.63) is 69.4 Å². The SMILES string of the molecule is COc1cccc(C23CCN(CC4CC4)CC2Cc2c([nH]c4ccc([N+](=O)[O-])cc24)C3)c1. The summed E-state index contributed by atoms with van der Waals surface area (Å²) in [5.41, 5.74) is 5.13. The lowest BCUT2D eigenvalue weighted by Crippen LogP contribution is -2.54. The van der Waals surface area contributed by atoms with Gasteiger partial charge in [-0.2, -0.15) is 0 Å². The van der Waals surface area contributed by atoms with E-state index in [0.29, 0.717) is 5.92 Å². The van der Waals surface area contributed by atoms with E-state index >= 15 is 0 Å². The number of methoxy groups -OCH3 is 1. The zero-order valence-electron chi connectivity index (χ0n) is 18.5. The summed E-state index contributed by atoms with van der Waals surface area (Å²) < 4.78 is 5.58. The van der Waals surface area contributed by atoms with E-state index in [0.717, 1.165) is 54.9 Å². The summed E-state index contributed by atoms with van der Waals surface area (Å²) in [5, 5.41) is 12.4. The lowest BCUT2D eigenvalue weighted by molar-refractivity contribution is -0.384. The zero-order chi connectivity index (χ0) is 21.9. The molecule has 3 aromatic rings. The number of benzene rings is 2. The van der Waals surface area contributed by atoms with Crippen molar-refractivity contribution in [2.45, 2.75) is 37.5 Å². The first-order chi connectivity index (χ1) is 15.6. The van der Waals surface area contributed by atoms with Gasteiger partial charge < -0.3 is 14.6 Å². The number of nitro groups is 1. The largest absolute Gasteiger partial charge is 0.497 e. The minimum Gasteiger partial charge on any atom is -0.497 e. The molecule has 1 aliphatic heterocycles. The van der Waals surface area contributed by atoms with Gasteiger partial charge in [-0.1, -0.05) is 12.1 Å². The molecule has 6 nitrogen and oxygen atoms in total. The molecule has 32 heavy (non-hydrogen) atoms. The summed E-state index contributed by atoms with van der Waals surface area (Å²) in [7, 11) is 1.73. The number of piperidine rings is 1. The highest BCUT2D eigenvalue weighted by atomic mass is 16.6. The Bertz CT molecular complexity index is 1200. The Morgan fingerprint density at radius 1 is 1.25 bits per heavy atom. The first-order valence-electron chi connectivity index (χ1n) is 11.7. The third kappa shape index (κ3) is 3.20.